The minimum atomic E-state index is -0.993. The van der Waals surface area contributed by atoms with Gasteiger partial charge in [-0.2, -0.15) is 4.98 Å². The number of hydrogen-bond acceptors (Lipinski definition) is 5. The maximum absolute atomic E-state index is 11.5. The van der Waals surface area contributed by atoms with Gasteiger partial charge < -0.3 is 10.1 Å². The van der Waals surface area contributed by atoms with Gasteiger partial charge in [0.05, 0.1) is 4.92 Å². The molecule has 114 valence electrons. The van der Waals surface area contributed by atoms with Crippen LogP contribution in [0.3, 0.4) is 0 Å². The predicted octanol–water partition coefficient (Wildman–Crippen LogP) is 2.68. The highest BCUT2D eigenvalue weighted by atomic mass is 16.6. The van der Waals surface area contributed by atoms with E-state index in [1.54, 1.807) is 6.08 Å². The maximum atomic E-state index is 11.5. The number of rotatable bonds is 4. The van der Waals surface area contributed by atoms with Gasteiger partial charge in [0, 0.05) is 0 Å². The van der Waals surface area contributed by atoms with Gasteiger partial charge in [-0.05, 0) is 23.1 Å². The van der Waals surface area contributed by atoms with Crippen LogP contribution in [0.5, 0.6) is 5.88 Å². The Balaban J connectivity index is 2.27. The third-order valence-electron chi connectivity index (χ3n) is 3.11. The number of H-pyrrole nitrogens is 1. The molecule has 0 unspecified atom stereocenters. The molecule has 0 aliphatic heterocycles. The van der Waals surface area contributed by atoms with Gasteiger partial charge in [-0.15, -0.1) is 0 Å². The van der Waals surface area contributed by atoms with Gasteiger partial charge in [0.1, 0.15) is 5.82 Å². The topological polar surface area (TPSA) is 109 Å². The molecule has 0 bridgehead atoms. The molecule has 0 amide bonds. The number of benzene rings is 1. The first kappa shape index (κ1) is 15.4. The summed E-state index contributed by atoms with van der Waals surface area (Å²) in [7, 11) is 0. The lowest BCUT2D eigenvalue weighted by Gasteiger charge is -2.04. The molecule has 1 aromatic heterocycles. The molecule has 2 aromatic rings. The lowest BCUT2D eigenvalue weighted by atomic mass is 10.0. The summed E-state index contributed by atoms with van der Waals surface area (Å²) >= 11 is 0. The Morgan fingerprint density at radius 3 is 2.41 bits per heavy atom. The Morgan fingerprint density at radius 2 is 1.91 bits per heavy atom. The van der Waals surface area contributed by atoms with Gasteiger partial charge in [0.15, 0.2) is 0 Å². The van der Waals surface area contributed by atoms with Crippen LogP contribution < -0.4 is 5.56 Å². The Morgan fingerprint density at radius 1 is 1.27 bits per heavy atom. The predicted molar refractivity (Wildman–Crippen MR) is 82.6 cm³/mol. The van der Waals surface area contributed by atoms with Crippen LogP contribution in [0.1, 0.15) is 36.7 Å². The smallest absolute Gasteiger partial charge is 0.395 e. The summed E-state index contributed by atoms with van der Waals surface area (Å²) in [5.41, 5.74) is 0.132. The Hall–Kier alpha value is -2.96. The Kier molecular flexibility index (Phi) is 4.36. The first-order valence-corrected chi connectivity index (χ1v) is 6.64. The standard InChI is InChI=1S/C15H15N3O4/c1-9(2)11-6-3-10(4-7-11)5-8-12-16-14(19)13(18(21)22)15(20)17-12/h3-9H,1-2H3,(H2,16,17,19,20). The minimum absolute atomic E-state index is 0.0426. The summed E-state index contributed by atoms with van der Waals surface area (Å²) in [6.45, 7) is 4.19. The second kappa shape index (κ2) is 6.21. The Bertz CT molecular complexity index is 776. The van der Waals surface area contributed by atoms with Gasteiger partial charge >= 0.3 is 11.2 Å². The first-order valence-electron chi connectivity index (χ1n) is 6.64. The molecule has 2 rings (SSSR count). The molecule has 0 spiro atoms. The summed E-state index contributed by atoms with van der Waals surface area (Å²) in [4.78, 5) is 26.9. The van der Waals surface area contributed by atoms with Crippen molar-refractivity contribution in [1.29, 1.82) is 0 Å². The zero-order chi connectivity index (χ0) is 16.3. The minimum Gasteiger partial charge on any atom is -0.488 e. The zero-order valence-corrected chi connectivity index (χ0v) is 12.1. The van der Waals surface area contributed by atoms with Crippen LogP contribution in [0, 0.1) is 10.1 Å². The third kappa shape index (κ3) is 3.38. The average Bonchev–Trinajstić information content (AvgIpc) is 2.44. The van der Waals surface area contributed by atoms with E-state index in [1.165, 1.54) is 11.6 Å². The maximum Gasteiger partial charge on any atom is 0.395 e. The molecule has 2 N–H and O–H groups in total. The molecule has 0 radical (unpaired) electrons. The highest BCUT2D eigenvalue weighted by Gasteiger charge is 2.21. The molecule has 1 aromatic carbocycles. The summed E-state index contributed by atoms with van der Waals surface area (Å²) in [6, 6.07) is 7.81. The summed E-state index contributed by atoms with van der Waals surface area (Å²) in [5.74, 6) is -0.424. The first-order chi connectivity index (χ1) is 10.4. The fourth-order valence-corrected chi connectivity index (χ4v) is 1.88. The number of nitrogens with one attached hydrogen (secondary N) is 1. The fraction of sp³-hybridized carbons (Fsp3) is 0.200. The zero-order valence-electron chi connectivity index (χ0n) is 12.1. The van der Waals surface area contributed by atoms with Crippen LogP contribution >= 0.6 is 0 Å². The van der Waals surface area contributed by atoms with Crippen LogP contribution in [0.2, 0.25) is 0 Å². The van der Waals surface area contributed by atoms with Crippen molar-refractivity contribution in [3.05, 3.63) is 61.7 Å². The molecule has 7 nitrogen and oxygen atoms in total. The van der Waals surface area contributed by atoms with Crippen LogP contribution in [0.25, 0.3) is 12.2 Å². The number of aromatic nitrogens is 2. The SMILES string of the molecule is CC(C)c1ccc(C=Cc2nc(O)c([N+](=O)[O-])c(=O)[nH]2)cc1. The van der Waals surface area contributed by atoms with Crippen molar-refractivity contribution in [3.63, 3.8) is 0 Å². The number of aromatic hydroxyl groups is 1. The molecule has 22 heavy (non-hydrogen) atoms. The van der Waals surface area contributed by atoms with Gasteiger partial charge in [-0.1, -0.05) is 44.2 Å². The van der Waals surface area contributed by atoms with Crippen molar-refractivity contribution in [2.75, 3.05) is 0 Å². The quantitative estimate of drug-likeness (QED) is 0.666. The molecule has 0 aliphatic rings. The second-order valence-corrected chi connectivity index (χ2v) is 5.04. The van der Waals surface area contributed by atoms with Crippen LogP contribution in [0.15, 0.2) is 29.1 Å². The lowest BCUT2D eigenvalue weighted by molar-refractivity contribution is -0.387. The van der Waals surface area contributed by atoms with Crippen LogP contribution in [0.4, 0.5) is 5.69 Å². The van der Waals surface area contributed by atoms with E-state index in [4.69, 9.17) is 0 Å². The fourth-order valence-electron chi connectivity index (χ4n) is 1.88. The van der Waals surface area contributed by atoms with Crippen molar-refractivity contribution in [3.8, 4) is 5.88 Å². The summed E-state index contributed by atoms with van der Waals surface area (Å²) < 4.78 is 0. The van der Waals surface area contributed by atoms with Gasteiger partial charge in [0.2, 0.25) is 0 Å². The van der Waals surface area contributed by atoms with E-state index < -0.39 is 22.0 Å². The number of hydrogen-bond donors (Lipinski definition) is 2. The molecule has 0 saturated heterocycles. The highest BCUT2D eigenvalue weighted by Crippen LogP contribution is 2.18. The molecule has 7 heteroatoms. The number of nitro groups is 1. The van der Waals surface area contributed by atoms with Gasteiger partial charge in [-0.3, -0.25) is 14.9 Å². The van der Waals surface area contributed by atoms with Crippen LogP contribution in [-0.4, -0.2) is 20.0 Å². The Labute approximate surface area is 126 Å². The lowest BCUT2D eigenvalue weighted by Crippen LogP contribution is -2.14. The van der Waals surface area contributed by atoms with Gasteiger partial charge in [-0.25, -0.2) is 0 Å². The van der Waals surface area contributed by atoms with Crippen molar-refractivity contribution in [2.24, 2.45) is 0 Å². The van der Waals surface area contributed by atoms with E-state index >= 15 is 0 Å². The van der Waals surface area contributed by atoms with Crippen LogP contribution in [-0.2, 0) is 0 Å². The third-order valence-corrected chi connectivity index (χ3v) is 3.11. The van der Waals surface area contributed by atoms with Crippen molar-refractivity contribution in [2.45, 2.75) is 19.8 Å². The highest BCUT2D eigenvalue weighted by molar-refractivity contribution is 5.67. The molecular formula is C15H15N3O4. The monoisotopic (exact) mass is 301 g/mol. The summed E-state index contributed by atoms with van der Waals surface area (Å²) in [5, 5.41) is 20.0. The van der Waals surface area contributed by atoms with Crippen molar-refractivity contribution in [1.82, 2.24) is 9.97 Å². The molecule has 0 aliphatic carbocycles. The normalized spacial score (nSPS) is 11.2. The van der Waals surface area contributed by atoms with E-state index in [9.17, 15) is 20.0 Å². The van der Waals surface area contributed by atoms with Crippen molar-refractivity contribution < 1.29 is 10.0 Å². The number of aromatic amines is 1. The van der Waals surface area contributed by atoms with E-state index in [-0.39, 0.29) is 5.82 Å². The van der Waals surface area contributed by atoms with E-state index in [2.05, 4.69) is 23.8 Å². The largest absolute Gasteiger partial charge is 0.488 e. The molecule has 0 fully saturated rings. The van der Waals surface area contributed by atoms with E-state index in [0.29, 0.717) is 5.92 Å². The average molecular weight is 301 g/mol. The molecule has 0 atom stereocenters. The van der Waals surface area contributed by atoms with Gasteiger partial charge in [0.25, 0.3) is 5.88 Å². The molecule has 1 heterocycles. The molecule has 0 saturated carbocycles. The second-order valence-electron chi connectivity index (χ2n) is 5.04. The summed E-state index contributed by atoms with van der Waals surface area (Å²) in [6.07, 6.45) is 3.16. The van der Waals surface area contributed by atoms with E-state index in [1.807, 2.05) is 24.3 Å². The van der Waals surface area contributed by atoms with E-state index in [0.717, 1.165) is 5.56 Å². The number of nitrogens with zero attached hydrogens (tertiary/aromatic N) is 2. The molecular weight excluding hydrogens is 286 g/mol. The van der Waals surface area contributed by atoms with Crippen molar-refractivity contribution >= 4 is 17.8 Å².